The summed E-state index contributed by atoms with van der Waals surface area (Å²) in [5.74, 6) is 0.241. The zero-order chi connectivity index (χ0) is 13.0. The quantitative estimate of drug-likeness (QED) is 0.925. The van der Waals surface area contributed by atoms with Gasteiger partial charge in [0.2, 0.25) is 5.91 Å². The van der Waals surface area contributed by atoms with Crippen LogP contribution in [0, 0.1) is 6.92 Å². The third kappa shape index (κ3) is 4.84. The van der Waals surface area contributed by atoms with Crippen LogP contribution in [0.1, 0.15) is 30.4 Å². The maximum absolute atomic E-state index is 12.1. The molecule has 1 amide bonds. The van der Waals surface area contributed by atoms with Crippen LogP contribution in [0.15, 0.2) is 24.3 Å². The number of aryl methyl sites for hydroxylation is 2. The van der Waals surface area contributed by atoms with Gasteiger partial charge < -0.3 is 10.6 Å². The lowest BCUT2D eigenvalue weighted by Crippen LogP contribution is -2.45. The molecule has 4 heteroatoms. The Kier molecular flexibility index (Phi) is 6.32. The van der Waals surface area contributed by atoms with Gasteiger partial charge in [0.1, 0.15) is 0 Å². The van der Waals surface area contributed by atoms with E-state index in [2.05, 4.69) is 31.2 Å². The fraction of sp³-hybridized carbons (Fsp3) is 0.533. The minimum absolute atomic E-state index is 0. The van der Waals surface area contributed by atoms with Gasteiger partial charge in [-0.3, -0.25) is 4.79 Å². The van der Waals surface area contributed by atoms with Gasteiger partial charge in [0.25, 0.3) is 0 Å². The number of amides is 1. The molecular weight excluding hydrogens is 260 g/mol. The molecule has 0 saturated carbocycles. The number of piperidine rings is 1. The average molecular weight is 283 g/mol. The van der Waals surface area contributed by atoms with Gasteiger partial charge in [-0.1, -0.05) is 29.8 Å². The Hall–Kier alpha value is -1.06. The molecule has 1 atom stereocenters. The summed E-state index contributed by atoms with van der Waals surface area (Å²) in [4.78, 5) is 14.0. The van der Waals surface area contributed by atoms with Gasteiger partial charge in [-0.15, -0.1) is 12.4 Å². The van der Waals surface area contributed by atoms with Crippen molar-refractivity contribution in [3.63, 3.8) is 0 Å². The topological polar surface area (TPSA) is 46.3 Å². The number of carbonyl (C=O) groups excluding carboxylic acids is 1. The molecule has 2 rings (SSSR count). The minimum Gasteiger partial charge on any atom is -0.341 e. The highest BCUT2D eigenvalue weighted by Crippen LogP contribution is 2.12. The normalized spacial score (nSPS) is 18.8. The van der Waals surface area contributed by atoms with Crippen molar-refractivity contribution in [2.45, 2.75) is 38.6 Å². The van der Waals surface area contributed by atoms with E-state index in [-0.39, 0.29) is 24.4 Å². The van der Waals surface area contributed by atoms with Gasteiger partial charge >= 0.3 is 0 Å². The van der Waals surface area contributed by atoms with Crippen LogP contribution in [0.5, 0.6) is 0 Å². The summed E-state index contributed by atoms with van der Waals surface area (Å²) >= 11 is 0. The summed E-state index contributed by atoms with van der Waals surface area (Å²) in [5.41, 5.74) is 8.38. The molecule has 0 radical (unpaired) electrons. The molecule has 1 fully saturated rings. The number of benzene rings is 1. The van der Waals surface area contributed by atoms with Crippen molar-refractivity contribution in [1.29, 1.82) is 0 Å². The number of nitrogens with zero attached hydrogens (tertiary/aromatic N) is 1. The van der Waals surface area contributed by atoms with Gasteiger partial charge in [-0.25, -0.2) is 0 Å². The molecule has 1 aromatic rings. The smallest absolute Gasteiger partial charge is 0.222 e. The molecule has 0 spiro atoms. The minimum atomic E-state index is 0. The summed E-state index contributed by atoms with van der Waals surface area (Å²) < 4.78 is 0. The molecule has 1 aliphatic rings. The molecule has 0 unspecified atom stereocenters. The number of rotatable bonds is 3. The van der Waals surface area contributed by atoms with Crippen molar-refractivity contribution in [2.75, 3.05) is 13.1 Å². The number of nitrogens with two attached hydrogens (primary N) is 1. The Bertz CT molecular complexity index is 405. The second-order valence-corrected chi connectivity index (χ2v) is 5.23. The standard InChI is InChI=1S/C15H22N2O.ClH/c1-12-4-6-13(7-5-12)8-9-15(18)17-10-2-3-14(16)11-17;/h4-7,14H,2-3,8-11,16H2,1H3;1H/t14-;/m1./s1. The Labute approximate surface area is 121 Å². The molecule has 1 saturated heterocycles. The van der Waals surface area contributed by atoms with Crippen molar-refractivity contribution in [1.82, 2.24) is 4.90 Å². The maximum Gasteiger partial charge on any atom is 0.222 e. The molecular formula is C15H23ClN2O. The number of likely N-dealkylation sites (tertiary alicyclic amines) is 1. The second kappa shape index (κ2) is 7.51. The van der Waals surface area contributed by atoms with E-state index in [4.69, 9.17) is 5.73 Å². The highest BCUT2D eigenvalue weighted by molar-refractivity contribution is 5.85. The summed E-state index contributed by atoms with van der Waals surface area (Å²) in [6.07, 6.45) is 3.50. The zero-order valence-corrected chi connectivity index (χ0v) is 12.3. The molecule has 0 aliphatic carbocycles. The highest BCUT2D eigenvalue weighted by Gasteiger charge is 2.20. The fourth-order valence-corrected chi connectivity index (χ4v) is 2.40. The Morgan fingerprint density at radius 2 is 2.05 bits per heavy atom. The number of halogens is 1. The Morgan fingerprint density at radius 3 is 2.68 bits per heavy atom. The molecule has 19 heavy (non-hydrogen) atoms. The largest absolute Gasteiger partial charge is 0.341 e. The summed E-state index contributed by atoms with van der Waals surface area (Å²) in [7, 11) is 0. The Morgan fingerprint density at radius 1 is 1.37 bits per heavy atom. The van der Waals surface area contributed by atoms with Gasteiger partial charge in [-0.2, -0.15) is 0 Å². The van der Waals surface area contributed by atoms with Crippen molar-refractivity contribution in [3.05, 3.63) is 35.4 Å². The van der Waals surface area contributed by atoms with E-state index in [1.165, 1.54) is 11.1 Å². The van der Waals surface area contributed by atoms with E-state index in [0.29, 0.717) is 6.42 Å². The van der Waals surface area contributed by atoms with Crippen molar-refractivity contribution in [3.8, 4) is 0 Å². The molecule has 0 aromatic heterocycles. The molecule has 106 valence electrons. The van der Waals surface area contributed by atoms with Crippen LogP contribution in [0.25, 0.3) is 0 Å². The van der Waals surface area contributed by atoms with Crippen LogP contribution in [-0.2, 0) is 11.2 Å². The van der Waals surface area contributed by atoms with Crippen LogP contribution < -0.4 is 5.73 Å². The van der Waals surface area contributed by atoms with E-state index in [0.717, 1.165) is 32.4 Å². The molecule has 1 aromatic carbocycles. The fourth-order valence-electron chi connectivity index (χ4n) is 2.40. The second-order valence-electron chi connectivity index (χ2n) is 5.23. The van der Waals surface area contributed by atoms with Gasteiger partial charge in [0.05, 0.1) is 0 Å². The molecule has 2 N–H and O–H groups in total. The number of hydrogen-bond donors (Lipinski definition) is 1. The van der Waals surface area contributed by atoms with E-state index in [1.54, 1.807) is 0 Å². The molecule has 0 bridgehead atoms. The predicted molar refractivity (Wildman–Crippen MR) is 80.5 cm³/mol. The lowest BCUT2D eigenvalue weighted by Gasteiger charge is -2.30. The lowest BCUT2D eigenvalue weighted by atomic mass is 10.0. The van der Waals surface area contributed by atoms with Crippen molar-refractivity contribution in [2.24, 2.45) is 5.73 Å². The van der Waals surface area contributed by atoms with Crippen molar-refractivity contribution >= 4 is 18.3 Å². The SMILES string of the molecule is Cc1ccc(CCC(=O)N2CCC[C@@H](N)C2)cc1.Cl. The predicted octanol–water partition coefficient (Wildman–Crippen LogP) is 2.30. The van der Waals surface area contributed by atoms with E-state index >= 15 is 0 Å². The van der Waals surface area contributed by atoms with Crippen LogP contribution in [-0.4, -0.2) is 29.9 Å². The van der Waals surface area contributed by atoms with Gasteiger partial charge in [0.15, 0.2) is 0 Å². The number of hydrogen-bond acceptors (Lipinski definition) is 2. The monoisotopic (exact) mass is 282 g/mol. The highest BCUT2D eigenvalue weighted by atomic mass is 35.5. The van der Waals surface area contributed by atoms with Crippen LogP contribution in [0.2, 0.25) is 0 Å². The van der Waals surface area contributed by atoms with Gasteiger partial charge in [0, 0.05) is 25.6 Å². The molecule has 3 nitrogen and oxygen atoms in total. The molecule has 1 aliphatic heterocycles. The maximum atomic E-state index is 12.1. The van der Waals surface area contributed by atoms with Crippen molar-refractivity contribution < 1.29 is 4.79 Å². The van der Waals surface area contributed by atoms with Gasteiger partial charge in [-0.05, 0) is 31.7 Å². The first-order valence-corrected chi connectivity index (χ1v) is 6.74. The zero-order valence-electron chi connectivity index (χ0n) is 11.5. The first-order valence-electron chi connectivity index (χ1n) is 6.74. The third-order valence-electron chi connectivity index (χ3n) is 3.56. The van der Waals surface area contributed by atoms with Crippen LogP contribution >= 0.6 is 12.4 Å². The molecule has 1 heterocycles. The average Bonchev–Trinajstić information content (AvgIpc) is 2.38. The Balaban J connectivity index is 0.00000180. The summed E-state index contributed by atoms with van der Waals surface area (Å²) in [5, 5.41) is 0. The number of carbonyl (C=O) groups is 1. The first-order chi connectivity index (χ1) is 8.65. The van der Waals surface area contributed by atoms with E-state index in [9.17, 15) is 4.79 Å². The van der Waals surface area contributed by atoms with E-state index < -0.39 is 0 Å². The van der Waals surface area contributed by atoms with E-state index in [1.807, 2.05) is 4.90 Å². The van der Waals surface area contributed by atoms with Crippen LogP contribution in [0.4, 0.5) is 0 Å². The lowest BCUT2D eigenvalue weighted by molar-refractivity contribution is -0.132. The first kappa shape index (κ1) is 16.0. The third-order valence-corrected chi connectivity index (χ3v) is 3.56. The summed E-state index contributed by atoms with van der Waals surface area (Å²) in [6, 6.07) is 8.56. The summed E-state index contributed by atoms with van der Waals surface area (Å²) in [6.45, 7) is 3.68. The van der Waals surface area contributed by atoms with Crippen LogP contribution in [0.3, 0.4) is 0 Å².